The van der Waals surface area contributed by atoms with Gasteiger partial charge in [0.15, 0.2) is 0 Å². The van der Waals surface area contributed by atoms with Crippen molar-refractivity contribution in [2.24, 2.45) is 0 Å². The van der Waals surface area contributed by atoms with E-state index in [9.17, 15) is 14.3 Å². The van der Waals surface area contributed by atoms with Gasteiger partial charge in [0.05, 0.1) is 16.8 Å². The molecule has 1 heterocycles. The molecule has 1 aromatic carbocycles. The van der Waals surface area contributed by atoms with Crippen LogP contribution in [0.15, 0.2) is 24.3 Å². The molecule has 2 rings (SSSR count). The fourth-order valence-corrected chi connectivity index (χ4v) is 2.92. The SMILES string of the molecule is Cc1nc(CCNC(=O)NCC(O)c2ccc(F)cc2)sc1C. The number of carbonyl (C=O) groups excluding carboxylic acids is 1. The first-order valence-corrected chi connectivity index (χ1v) is 8.15. The van der Waals surface area contributed by atoms with Crippen LogP contribution in [0.5, 0.6) is 0 Å². The number of hydrogen-bond donors (Lipinski definition) is 3. The summed E-state index contributed by atoms with van der Waals surface area (Å²) in [4.78, 5) is 17.3. The molecule has 0 aliphatic carbocycles. The number of aliphatic hydroxyl groups excluding tert-OH is 1. The Labute approximate surface area is 138 Å². The van der Waals surface area contributed by atoms with Gasteiger partial charge in [-0.1, -0.05) is 12.1 Å². The van der Waals surface area contributed by atoms with E-state index < -0.39 is 6.10 Å². The minimum atomic E-state index is -0.870. The third-order valence-corrected chi connectivity index (χ3v) is 4.54. The Morgan fingerprint density at radius 3 is 2.61 bits per heavy atom. The van der Waals surface area contributed by atoms with E-state index in [1.165, 1.54) is 29.1 Å². The smallest absolute Gasteiger partial charge is 0.314 e. The van der Waals surface area contributed by atoms with Gasteiger partial charge < -0.3 is 15.7 Å². The summed E-state index contributed by atoms with van der Waals surface area (Å²) >= 11 is 1.63. The maximum atomic E-state index is 12.8. The number of carbonyl (C=O) groups is 1. The summed E-state index contributed by atoms with van der Waals surface area (Å²) in [5.74, 6) is -0.362. The van der Waals surface area contributed by atoms with Crippen molar-refractivity contribution in [1.29, 1.82) is 0 Å². The van der Waals surface area contributed by atoms with Crippen LogP contribution in [-0.4, -0.2) is 29.2 Å². The Morgan fingerprint density at radius 2 is 2.00 bits per heavy atom. The first-order valence-electron chi connectivity index (χ1n) is 7.34. The predicted octanol–water partition coefficient (Wildman–Crippen LogP) is 2.47. The zero-order valence-corrected chi connectivity index (χ0v) is 13.9. The van der Waals surface area contributed by atoms with Crippen LogP contribution in [0.4, 0.5) is 9.18 Å². The van der Waals surface area contributed by atoms with Gasteiger partial charge in [-0.05, 0) is 31.5 Å². The molecule has 23 heavy (non-hydrogen) atoms. The van der Waals surface area contributed by atoms with Crippen LogP contribution < -0.4 is 10.6 Å². The molecule has 1 atom stereocenters. The van der Waals surface area contributed by atoms with Crippen molar-refractivity contribution in [3.05, 3.63) is 51.2 Å². The lowest BCUT2D eigenvalue weighted by molar-refractivity contribution is 0.173. The summed E-state index contributed by atoms with van der Waals surface area (Å²) in [6.07, 6.45) is -0.196. The molecule has 2 amide bonds. The van der Waals surface area contributed by atoms with Crippen LogP contribution in [0.3, 0.4) is 0 Å². The Balaban J connectivity index is 1.69. The molecule has 7 heteroatoms. The number of aliphatic hydroxyl groups is 1. The fraction of sp³-hybridized carbons (Fsp3) is 0.375. The van der Waals surface area contributed by atoms with E-state index in [1.807, 2.05) is 13.8 Å². The maximum Gasteiger partial charge on any atom is 0.314 e. The summed E-state index contributed by atoms with van der Waals surface area (Å²) in [6, 6.07) is 5.18. The number of urea groups is 1. The highest BCUT2D eigenvalue weighted by Crippen LogP contribution is 2.16. The van der Waals surface area contributed by atoms with Crippen molar-refractivity contribution >= 4 is 17.4 Å². The highest BCUT2D eigenvalue weighted by molar-refractivity contribution is 7.11. The van der Waals surface area contributed by atoms with E-state index in [4.69, 9.17) is 0 Å². The molecular formula is C16H20FN3O2S. The normalized spacial score (nSPS) is 12.0. The number of nitrogens with one attached hydrogen (secondary N) is 2. The largest absolute Gasteiger partial charge is 0.387 e. The van der Waals surface area contributed by atoms with Crippen molar-refractivity contribution < 1.29 is 14.3 Å². The van der Waals surface area contributed by atoms with Gasteiger partial charge in [0.2, 0.25) is 0 Å². The first kappa shape index (κ1) is 17.4. The molecule has 0 aliphatic heterocycles. The summed E-state index contributed by atoms with van der Waals surface area (Å²) < 4.78 is 12.8. The van der Waals surface area contributed by atoms with E-state index in [2.05, 4.69) is 15.6 Å². The third-order valence-electron chi connectivity index (χ3n) is 3.41. The van der Waals surface area contributed by atoms with Gasteiger partial charge in [-0.3, -0.25) is 0 Å². The second kappa shape index (κ2) is 8.03. The zero-order valence-electron chi connectivity index (χ0n) is 13.1. The summed E-state index contributed by atoms with van der Waals surface area (Å²) in [5.41, 5.74) is 1.58. The van der Waals surface area contributed by atoms with Crippen LogP contribution in [0.2, 0.25) is 0 Å². The van der Waals surface area contributed by atoms with E-state index in [0.717, 1.165) is 10.7 Å². The van der Waals surface area contributed by atoms with Gasteiger partial charge in [0.1, 0.15) is 5.82 Å². The van der Waals surface area contributed by atoms with Crippen LogP contribution in [0.25, 0.3) is 0 Å². The molecule has 0 saturated heterocycles. The van der Waals surface area contributed by atoms with Gasteiger partial charge in [-0.15, -0.1) is 11.3 Å². The standard InChI is InChI=1S/C16H20FN3O2S/c1-10-11(2)23-15(20-10)7-8-18-16(22)19-9-14(21)12-3-5-13(17)6-4-12/h3-6,14,21H,7-9H2,1-2H3,(H2,18,19,22). The predicted molar refractivity (Wildman–Crippen MR) is 88.1 cm³/mol. The highest BCUT2D eigenvalue weighted by Gasteiger charge is 2.10. The minimum Gasteiger partial charge on any atom is -0.387 e. The topological polar surface area (TPSA) is 74.2 Å². The molecule has 5 nitrogen and oxygen atoms in total. The minimum absolute atomic E-state index is 0.0624. The van der Waals surface area contributed by atoms with Crippen LogP contribution >= 0.6 is 11.3 Å². The Bertz CT molecular complexity index is 638. The Hall–Kier alpha value is -1.99. The number of nitrogens with zero attached hydrogens (tertiary/aromatic N) is 1. The molecule has 1 unspecified atom stereocenters. The number of hydrogen-bond acceptors (Lipinski definition) is 4. The van der Waals surface area contributed by atoms with Crippen molar-refractivity contribution in [3.63, 3.8) is 0 Å². The average Bonchev–Trinajstić information content (AvgIpc) is 2.84. The number of aryl methyl sites for hydroxylation is 2. The average molecular weight is 337 g/mol. The fourth-order valence-electron chi connectivity index (χ4n) is 1.98. The van der Waals surface area contributed by atoms with Crippen LogP contribution in [0, 0.1) is 19.7 Å². The van der Waals surface area contributed by atoms with Gasteiger partial charge in [0.25, 0.3) is 0 Å². The lowest BCUT2D eigenvalue weighted by atomic mass is 10.1. The van der Waals surface area contributed by atoms with Crippen LogP contribution in [-0.2, 0) is 6.42 Å². The zero-order chi connectivity index (χ0) is 16.8. The van der Waals surface area contributed by atoms with Gasteiger partial charge >= 0.3 is 6.03 Å². The van der Waals surface area contributed by atoms with Gasteiger partial charge in [-0.2, -0.15) is 0 Å². The number of aromatic nitrogens is 1. The second-order valence-corrected chi connectivity index (χ2v) is 6.49. The molecule has 0 aliphatic rings. The highest BCUT2D eigenvalue weighted by atomic mass is 32.1. The quantitative estimate of drug-likeness (QED) is 0.758. The molecule has 0 saturated carbocycles. The molecule has 0 spiro atoms. The molecule has 2 aromatic rings. The molecule has 3 N–H and O–H groups in total. The summed E-state index contributed by atoms with van der Waals surface area (Å²) in [7, 11) is 0. The van der Waals surface area contributed by atoms with Crippen molar-refractivity contribution in [2.45, 2.75) is 26.4 Å². The van der Waals surface area contributed by atoms with Gasteiger partial charge in [-0.25, -0.2) is 14.2 Å². The van der Waals surface area contributed by atoms with E-state index in [1.54, 1.807) is 11.3 Å². The third kappa shape index (κ3) is 5.30. The monoisotopic (exact) mass is 337 g/mol. The van der Waals surface area contributed by atoms with E-state index >= 15 is 0 Å². The number of amides is 2. The number of benzene rings is 1. The molecule has 0 bridgehead atoms. The molecule has 0 fully saturated rings. The second-order valence-electron chi connectivity index (χ2n) is 5.20. The van der Waals surface area contributed by atoms with E-state index in [-0.39, 0.29) is 18.4 Å². The molecule has 0 radical (unpaired) electrons. The van der Waals surface area contributed by atoms with Crippen LogP contribution in [0.1, 0.15) is 27.2 Å². The number of halogens is 1. The number of rotatable bonds is 6. The summed E-state index contributed by atoms with van der Waals surface area (Å²) in [5, 5.41) is 16.2. The van der Waals surface area contributed by atoms with Crippen molar-refractivity contribution in [2.75, 3.05) is 13.1 Å². The van der Waals surface area contributed by atoms with Crippen molar-refractivity contribution in [1.82, 2.24) is 15.6 Å². The van der Waals surface area contributed by atoms with E-state index in [0.29, 0.717) is 18.5 Å². The Kier molecular flexibility index (Phi) is 6.06. The first-order chi connectivity index (χ1) is 11.0. The summed E-state index contributed by atoms with van der Waals surface area (Å²) in [6.45, 7) is 4.53. The molecule has 124 valence electrons. The molecule has 1 aromatic heterocycles. The lowest BCUT2D eigenvalue weighted by Crippen LogP contribution is -2.38. The molecular weight excluding hydrogens is 317 g/mol. The van der Waals surface area contributed by atoms with Gasteiger partial charge in [0, 0.05) is 24.4 Å². The van der Waals surface area contributed by atoms with Crippen molar-refractivity contribution in [3.8, 4) is 0 Å². The lowest BCUT2D eigenvalue weighted by Gasteiger charge is -2.12. The Morgan fingerprint density at radius 1 is 1.30 bits per heavy atom. The number of thiazole rings is 1. The maximum absolute atomic E-state index is 12.8.